The molecule has 10 heteroatoms. The minimum Gasteiger partial charge on any atom is -0.497 e. The minimum atomic E-state index is -0.315. The Hall–Kier alpha value is -3.79. The van der Waals surface area contributed by atoms with E-state index in [-0.39, 0.29) is 17.2 Å². The zero-order chi connectivity index (χ0) is 21.8. The van der Waals surface area contributed by atoms with Crippen molar-refractivity contribution in [1.29, 1.82) is 0 Å². The molecule has 4 rings (SSSR count). The van der Waals surface area contributed by atoms with E-state index in [1.165, 1.54) is 13.3 Å². The number of anilines is 1. The van der Waals surface area contributed by atoms with Crippen molar-refractivity contribution in [2.75, 3.05) is 25.3 Å². The topological polar surface area (TPSA) is 111 Å². The maximum atomic E-state index is 12.5. The van der Waals surface area contributed by atoms with Crippen molar-refractivity contribution in [2.45, 2.75) is 5.16 Å². The van der Waals surface area contributed by atoms with E-state index in [4.69, 9.17) is 9.47 Å². The van der Waals surface area contributed by atoms with Gasteiger partial charge in [0.15, 0.2) is 10.8 Å². The van der Waals surface area contributed by atoms with Gasteiger partial charge in [0.2, 0.25) is 5.91 Å². The lowest BCUT2D eigenvalue weighted by Crippen LogP contribution is -2.16. The molecule has 4 aromatic rings. The second kappa shape index (κ2) is 8.92. The highest BCUT2D eigenvalue weighted by Crippen LogP contribution is 2.29. The zero-order valence-corrected chi connectivity index (χ0v) is 17.6. The van der Waals surface area contributed by atoms with Crippen molar-refractivity contribution in [3.8, 4) is 17.2 Å². The number of hydrogen-bond acceptors (Lipinski definition) is 7. The first kappa shape index (κ1) is 20.5. The number of amides is 1. The number of thioether (sulfide) groups is 1. The van der Waals surface area contributed by atoms with E-state index >= 15 is 0 Å². The number of fused-ring (bicyclic) bond motifs is 1. The molecule has 0 spiro atoms. The summed E-state index contributed by atoms with van der Waals surface area (Å²) >= 11 is 1.12. The molecule has 0 bridgehead atoms. The summed E-state index contributed by atoms with van der Waals surface area (Å²) < 4.78 is 12.1. The Balaban J connectivity index is 1.53. The fraction of sp³-hybridized carbons (Fsp3) is 0.143. The molecule has 0 aliphatic carbocycles. The summed E-state index contributed by atoms with van der Waals surface area (Å²) in [7, 11) is 3.06. The van der Waals surface area contributed by atoms with E-state index in [1.54, 1.807) is 30.0 Å². The van der Waals surface area contributed by atoms with Crippen LogP contribution in [0.4, 0.5) is 5.69 Å². The second-order valence-electron chi connectivity index (χ2n) is 6.40. The van der Waals surface area contributed by atoms with Gasteiger partial charge in [0.1, 0.15) is 16.9 Å². The molecule has 9 nitrogen and oxygen atoms in total. The van der Waals surface area contributed by atoms with Gasteiger partial charge in [-0.3, -0.25) is 9.59 Å². The van der Waals surface area contributed by atoms with Gasteiger partial charge in [-0.25, -0.2) is 9.67 Å². The molecule has 2 aromatic carbocycles. The normalized spacial score (nSPS) is 10.8. The first-order valence-electron chi connectivity index (χ1n) is 9.27. The second-order valence-corrected chi connectivity index (χ2v) is 7.37. The number of aromatic amines is 1. The van der Waals surface area contributed by atoms with E-state index in [1.807, 2.05) is 30.3 Å². The minimum absolute atomic E-state index is 0.0360. The van der Waals surface area contributed by atoms with E-state index in [0.717, 1.165) is 17.4 Å². The Morgan fingerprint density at radius 1 is 1.16 bits per heavy atom. The summed E-state index contributed by atoms with van der Waals surface area (Å²) in [5.74, 6) is 0.859. The number of H-pyrrole nitrogens is 1. The summed E-state index contributed by atoms with van der Waals surface area (Å²) in [5, 5.41) is 7.76. The molecule has 158 valence electrons. The summed E-state index contributed by atoms with van der Waals surface area (Å²) in [4.78, 5) is 32.1. The van der Waals surface area contributed by atoms with Crippen LogP contribution in [0.5, 0.6) is 11.5 Å². The predicted molar refractivity (Wildman–Crippen MR) is 118 cm³/mol. The van der Waals surface area contributed by atoms with Gasteiger partial charge < -0.3 is 19.8 Å². The van der Waals surface area contributed by atoms with Crippen LogP contribution in [-0.4, -0.2) is 45.6 Å². The lowest BCUT2D eigenvalue weighted by atomic mass is 10.2. The summed E-state index contributed by atoms with van der Waals surface area (Å²) in [6.45, 7) is 0. The molecule has 1 amide bonds. The van der Waals surface area contributed by atoms with Gasteiger partial charge in [-0.05, 0) is 24.3 Å². The van der Waals surface area contributed by atoms with Gasteiger partial charge in [0.25, 0.3) is 5.56 Å². The van der Waals surface area contributed by atoms with Crippen LogP contribution < -0.4 is 20.3 Å². The number of carbonyl (C=O) groups excluding carboxylic acids is 1. The highest BCUT2D eigenvalue weighted by atomic mass is 32.2. The Morgan fingerprint density at radius 2 is 1.97 bits per heavy atom. The zero-order valence-electron chi connectivity index (χ0n) is 16.8. The van der Waals surface area contributed by atoms with Crippen molar-refractivity contribution in [3.05, 3.63) is 65.1 Å². The summed E-state index contributed by atoms with van der Waals surface area (Å²) in [6, 6.07) is 14.5. The number of para-hydroxylation sites is 1. The number of nitrogens with one attached hydrogen (secondary N) is 2. The molecule has 0 atom stereocenters. The monoisotopic (exact) mass is 437 g/mol. The molecule has 0 aliphatic rings. The van der Waals surface area contributed by atoms with Crippen LogP contribution in [-0.2, 0) is 4.79 Å². The average molecular weight is 437 g/mol. The van der Waals surface area contributed by atoms with E-state index in [9.17, 15) is 9.59 Å². The van der Waals surface area contributed by atoms with Crippen molar-refractivity contribution in [3.63, 3.8) is 0 Å². The third-order valence-corrected chi connectivity index (χ3v) is 5.31. The molecule has 0 saturated carbocycles. The summed E-state index contributed by atoms with van der Waals surface area (Å²) in [5.41, 5.74) is 1.39. The SMILES string of the molecule is COc1ccc(OC)c(NC(=O)CSc2nc3c(cnn3-c3ccccc3)c(=O)[nH]2)c1. The molecule has 0 aliphatic heterocycles. The fourth-order valence-electron chi connectivity index (χ4n) is 2.96. The average Bonchev–Trinajstić information content (AvgIpc) is 3.23. The molecule has 2 heterocycles. The van der Waals surface area contributed by atoms with Crippen molar-refractivity contribution in [1.82, 2.24) is 19.7 Å². The molecule has 2 N–H and O–H groups in total. The smallest absolute Gasteiger partial charge is 0.262 e. The van der Waals surface area contributed by atoms with Gasteiger partial charge in [-0.15, -0.1) is 0 Å². The first-order chi connectivity index (χ1) is 15.1. The van der Waals surface area contributed by atoms with Crippen LogP contribution >= 0.6 is 11.8 Å². The van der Waals surface area contributed by atoms with Crippen molar-refractivity contribution in [2.24, 2.45) is 0 Å². The van der Waals surface area contributed by atoms with Crippen LogP contribution in [0.3, 0.4) is 0 Å². The Morgan fingerprint density at radius 3 is 2.71 bits per heavy atom. The third-order valence-electron chi connectivity index (χ3n) is 4.44. The number of carbonyl (C=O) groups is 1. The van der Waals surface area contributed by atoms with Crippen LogP contribution in [0.15, 0.2) is 64.7 Å². The third kappa shape index (κ3) is 4.38. The Kier molecular flexibility index (Phi) is 5.89. The quantitative estimate of drug-likeness (QED) is 0.338. The highest BCUT2D eigenvalue weighted by Gasteiger charge is 2.14. The number of ether oxygens (including phenoxy) is 2. The van der Waals surface area contributed by atoms with Crippen LogP contribution in [0.25, 0.3) is 16.7 Å². The molecule has 0 unspecified atom stereocenters. The molecular formula is C21H19N5O4S. The predicted octanol–water partition coefficient (Wildman–Crippen LogP) is 2.86. The standard InChI is InChI=1S/C21H19N5O4S/c1-29-14-8-9-17(30-2)16(10-14)23-18(27)12-31-21-24-19-15(20(28)25-21)11-22-26(19)13-6-4-3-5-7-13/h3-11H,12H2,1-2H3,(H,23,27)(H,24,25,28). The number of nitrogens with zero attached hydrogens (tertiary/aromatic N) is 3. The van der Waals surface area contributed by atoms with Gasteiger partial charge in [-0.1, -0.05) is 30.0 Å². The van der Waals surface area contributed by atoms with Gasteiger partial charge in [-0.2, -0.15) is 5.10 Å². The molecule has 31 heavy (non-hydrogen) atoms. The fourth-order valence-corrected chi connectivity index (χ4v) is 3.61. The number of aromatic nitrogens is 4. The molecule has 2 aromatic heterocycles. The van der Waals surface area contributed by atoms with E-state index < -0.39 is 0 Å². The first-order valence-corrected chi connectivity index (χ1v) is 10.3. The highest BCUT2D eigenvalue weighted by molar-refractivity contribution is 7.99. The Bertz CT molecular complexity index is 1290. The van der Waals surface area contributed by atoms with Crippen LogP contribution in [0, 0.1) is 0 Å². The number of hydrogen-bond donors (Lipinski definition) is 2. The number of methoxy groups -OCH3 is 2. The lowest BCUT2D eigenvalue weighted by molar-refractivity contribution is -0.113. The summed E-state index contributed by atoms with van der Waals surface area (Å²) in [6.07, 6.45) is 1.48. The van der Waals surface area contributed by atoms with E-state index in [2.05, 4.69) is 20.4 Å². The van der Waals surface area contributed by atoms with Crippen molar-refractivity contribution >= 4 is 34.4 Å². The molecule has 0 saturated heterocycles. The lowest BCUT2D eigenvalue weighted by Gasteiger charge is -2.11. The van der Waals surface area contributed by atoms with Crippen molar-refractivity contribution < 1.29 is 14.3 Å². The number of rotatable bonds is 7. The Labute approximate surface area is 181 Å². The number of benzene rings is 2. The van der Waals surface area contributed by atoms with Gasteiger partial charge >= 0.3 is 0 Å². The van der Waals surface area contributed by atoms with Crippen LogP contribution in [0.2, 0.25) is 0 Å². The van der Waals surface area contributed by atoms with Gasteiger partial charge in [0, 0.05) is 6.07 Å². The van der Waals surface area contributed by atoms with E-state index in [0.29, 0.717) is 33.4 Å². The molecular weight excluding hydrogens is 418 g/mol. The largest absolute Gasteiger partial charge is 0.497 e. The maximum Gasteiger partial charge on any atom is 0.262 e. The van der Waals surface area contributed by atoms with Gasteiger partial charge in [0.05, 0.1) is 37.5 Å². The molecule has 0 radical (unpaired) electrons. The van der Waals surface area contributed by atoms with Crippen LogP contribution in [0.1, 0.15) is 0 Å². The molecule has 0 fully saturated rings. The maximum absolute atomic E-state index is 12.5.